The summed E-state index contributed by atoms with van der Waals surface area (Å²) in [5.41, 5.74) is 1.43. The molecule has 0 saturated carbocycles. The summed E-state index contributed by atoms with van der Waals surface area (Å²) in [5.74, 6) is 0. The van der Waals surface area contributed by atoms with Gasteiger partial charge in [0.05, 0.1) is 23.0 Å². The Kier molecular flexibility index (Phi) is 2.76. The standard InChI is InChI=1S/C11H9N3O3S2/c1-7-9-5-8(6-12-11(9)17-13-7)14-19(15,16)10-3-2-4-18-10/h2-6,14H,1H3. The highest BCUT2D eigenvalue weighted by atomic mass is 32.2. The van der Waals surface area contributed by atoms with E-state index in [0.717, 1.165) is 11.3 Å². The van der Waals surface area contributed by atoms with E-state index in [1.165, 1.54) is 6.20 Å². The fourth-order valence-corrected chi connectivity index (χ4v) is 3.65. The number of anilines is 1. The number of nitrogens with one attached hydrogen (secondary N) is 1. The molecule has 19 heavy (non-hydrogen) atoms. The molecule has 8 heteroatoms. The van der Waals surface area contributed by atoms with Crippen LogP contribution in [0.15, 0.2) is 38.5 Å². The second-order valence-corrected chi connectivity index (χ2v) is 6.74. The number of hydrogen-bond acceptors (Lipinski definition) is 6. The quantitative estimate of drug-likeness (QED) is 0.802. The molecule has 0 aromatic carbocycles. The molecule has 0 spiro atoms. The van der Waals surface area contributed by atoms with E-state index in [9.17, 15) is 8.42 Å². The lowest BCUT2D eigenvalue weighted by Gasteiger charge is -2.05. The Labute approximate surface area is 113 Å². The van der Waals surface area contributed by atoms with Crippen LogP contribution in [0.3, 0.4) is 0 Å². The first-order chi connectivity index (χ1) is 9.06. The molecule has 98 valence electrons. The molecule has 0 radical (unpaired) electrons. The average molecular weight is 295 g/mol. The molecular formula is C11H9N3O3S2. The first kappa shape index (κ1) is 12.1. The van der Waals surface area contributed by atoms with E-state index in [-0.39, 0.29) is 4.21 Å². The lowest BCUT2D eigenvalue weighted by Crippen LogP contribution is -2.11. The Bertz CT molecular complexity index is 822. The van der Waals surface area contributed by atoms with E-state index in [1.54, 1.807) is 30.5 Å². The Morgan fingerprint density at radius 3 is 3.00 bits per heavy atom. The fourth-order valence-electron chi connectivity index (χ4n) is 1.62. The summed E-state index contributed by atoms with van der Waals surface area (Å²) in [6, 6.07) is 4.88. The zero-order chi connectivity index (χ0) is 13.5. The van der Waals surface area contributed by atoms with Gasteiger partial charge < -0.3 is 4.52 Å². The third kappa shape index (κ3) is 2.20. The third-order valence-corrected chi connectivity index (χ3v) is 5.30. The predicted octanol–water partition coefficient (Wildman–Crippen LogP) is 2.39. The van der Waals surface area contributed by atoms with E-state index in [1.807, 2.05) is 0 Å². The Hall–Kier alpha value is -1.93. The number of fused-ring (bicyclic) bond motifs is 1. The largest absolute Gasteiger partial charge is 0.336 e. The monoisotopic (exact) mass is 295 g/mol. The smallest absolute Gasteiger partial charge is 0.271 e. The van der Waals surface area contributed by atoms with Crippen molar-refractivity contribution in [2.45, 2.75) is 11.1 Å². The fraction of sp³-hybridized carbons (Fsp3) is 0.0909. The van der Waals surface area contributed by atoms with Crippen LogP contribution in [0.1, 0.15) is 5.69 Å². The zero-order valence-corrected chi connectivity index (χ0v) is 11.5. The molecule has 0 saturated heterocycles. The molecule has 0 aliphatic heterocycles. The topological polar surface area (TPSA) is 85.1 Å². The molecule has 0 bridgehead atoms. The second-order valence-electron chi connectivity index (χ2n) is 3.88. The van der Waals surface area contributed by atoms with Crippen LogP contribution in [0.2, 0.25) is 0 Å². The van der Waals surface area contributed by atoms with Crippen LogP contribution in [0.25, 0.3) is 11.1 Å². The van der Waals surface area contributed by atoms with Crippen LogP contribution in [0.4, 0.5) is 5.69 Å². The number of aryl methyl sites for hydroxylation is 1. The van der Waals surface area contributed by atoms with E-state index in [4.69, 9.17) is 4.52 Å². The molecular weight excluding hydrogens is 286 g/mol. The van der Waals surface area contributed by atoms with Crippen molar-refractivity contribution < 1.29 is 12.9 Å². The summed E-state index contributed by atoms with van der Waals surface area (Å²) in [6.45, 7) is 1.77. The summed E-state index contributed by atoms with van der Waals surface area (Å²) >= 11 is 1.16. The number of rotatable bonds is 3. The maximum atomic E-state index is 12.1. The Morgan fingerprint density at radius 1 is 1.42 bits per heavy atom. The molecule has 0 atom stereocenters. The normalized spacial score (nSPS) is 11.8. The van der Waals surface area contributed by atoms with Crippen LogP contribution < -0.4 is 4.72 Å². The average Bonchev–Trinajstić information content (AvgIpc) is 3.00. The third-order valence-electron chi connectivity index (χ3n) is 2.52. The highest BCUT2D eigenvalue weighted by molar-refractivity contribution is 7.94. The summed E-state index contributed by atoms with van der Waals surface area (Å²) in [6.07, 6.45) is 1.40. The number of pyridine rings is 1. The number of aromatic nitrogens is 2. The Morgan fingerprint density at radius 2 is 2.26 bits per heavy atom. The van der Waals surface area contributed by atoms with Gasteiger partial charge in [0.2, 0.25) is 0 Å². The molecule has 0 fully saturated rings. The van der Waals surface area contributed by atoms with E-state index in [0.29, 0.717) is 22.5 Å². The summed E-state index contributed by atoms with van der Waals surface area (Å²) < 4.78 is 31.8. The van der Waals surface area contributed by atoms with Crippen molar-refractivity contribution in [3.8, 4) is 0 Å². The molecule has 3 rings (SSSR count). The van der Waals surface area contributed by atoms with Gasteiger partial charge in [0.25, 0.3) is 15.7 Å². The lowest BCUT2D eigenvalue weighted by atomic mass is 10.3. The molecule has 6 nitrogen and oxygen atoms in total. The van der Waals surface area contributed by atoms with Gasteiger partial charge in [0, 0.05) is 0 Å². The molecule has 0 aliphatic rings. The number of nitrogens with zero attached hydrogens (tertiary/aromatic N) is 2. The molecule has 3 heterocycles. The SMILES string of the molecule is Cc1noc2ncc(NS(=O)(=O)c3cccs3)cc12. The van der Waals surface area contributed by atoms with Gasteiger partial charge in [-0.2, -0.15) is 0 Å². The van der Waals surface area contributed by atoms with Gasteiger partial charge in [-0.25, -0.2) is 13.4 Å². The molecule has 0 aliphatic carbocycles. The van der Waals surface area contributed by atoms with Crippen LogP contribution >= 0.6 is 11.3 Å². The molecule has 1 N–H and O–H groups in total. The van der Waals surface area contributed by atoms with Crippen molar-refractivity contribution >= 4 is 38.1 Å². The van der Waals surface area contributed by atoms with E-state index >= 15 is 0 Å². The van der Waals surface area contributed by atoms with Gasteiger partial charge in [-0.3, -0.25) is 4.72 Å². The number of sulfonamides is 1. The molecule has 3 aromatic rings. The van der Waals surface area contributed by atoms with Crippen molar-refractivity contribution in [2.75, 3.05) is 4.72 Å². The van der Waals surface area contributed by atoms with Crippen molar-refractivity contribution in [1.82, 2.24) is 10.1 Å². The van der Waals surface area contributed by atoms with Crippen molar-refractivity contribution in [3.63, 3.8) is 0 Å². The van der Waals surface area contributed by atoms with E-state index in [2.05, 4.69) is 14.9 Å². The first-order valence-electron chi connectivity index (χ1n) is 5.34. The molecule has 0 amide bonds. The second kappa shape index (κ2) is 4.32. The van der Waals surface area contributed by atoms with Gasteiger partial charge in [-0.1, -0.05) is 11.2 Å². The van der Waals surface area contributed by atoms with E-state index < -0.39 is 10.0 Å². The lowest BCUT2D eigenvalue weighted by molar-refractivity contribution is 0.443. The van der Waals surface area contributed by atoms with Crippen LogP contribution in [0, 0.1) is 6.92 Å². The highest BCUT2D eigenvalue weighted by Crippen LogP contribution is 2.23. The van der Waals surface area contributed by atoms with Crippen molar-refractivity contribution in [3.05, 3.63) is 35.5 Å². The van der Waals surface area contributed by atoms with Crippen LogP contribution in [-0.2, 0) is 10.0 Å². The number of thiophene rings is 1. The summed E-state index contributed by atoms with van der Waals surface area (Å²) in [7, 11) is -3.56. The van der Waals surface area contributed by atoms with Gasteiger partial charge in [-0.05, 0) is 24.4 Å². The molecule has 3 aromatic heterocycles. The van der Waals surface area contributed by atoms with Gasteiger partial charge in [0.1, 0.15) is 4.21 Å². The Balaban J connectivity index is 1.99. The predicted molar refractivity (Wildman–Crippen MR) is 71.7 cm³/mol. The van der Waals surface area contributed by atoms with Crippen LogP contribution in [-0.4, -0.2) is 18.6 Å². The maximum absolute atomic E-state index is 12.1. The minimum Gasteiger partial charge on any atom is -0.336 e. The zero-order valence-electron chi connectivity index (χ0n) is 9.82. The van der Waals surface area contributed by atoms with Crippen molar-refractivity contribution in [1.29, 1.82) is 0 Å². The first-order valence-corrected chi connectivity index (χ1v) is 7.71. The van der Waals surface area contributed by atoms with Gasteiger partial charge in [0.15, 0.2) is 0 Å². The van der Waals surface area contributed by atoms with Crippen molar-refractivity contribution in [2.24, 2.45) is 0 Å². The number of hydrogen-bond donors (Lipinski definition) is 1. The van der Waals surface area contributed by atoms with Gasteiger partial charge >= 0.3 is 0 Å². The van der Waals surface area contributed by atoms with Gasteiger partial charge in [-0.15, -0.1) is 11.3 Å². The highest BCUT2D eigenvalue weighted by Gasteiger charge is 2.16. The maximum Gasteiger partial charge on any atom is 0.271 e. The summed E-state index contributed by atoms with van der Waals surface area (Å²) in [4.78, 5) is 4.01. The van der Waals surface area contributed by atoms with Crippen LogP contribution in [0.5, 0.6) is 0 Å². The minimum absolute atomic E-state index is 0.259. The summed E-state index contributed by atoms with van der Waals surface area (Å²) in [5, 5.41) is 6.17. The molecule has 0 unspecified atom stereocenters. The minimum atomic E-state index is -3.56.